The average Bonchev–Trinajstić information content (AvgIpc) is 2.89. The number of hydrogen-bond donors (Lipinski definition) is 2. The number of thioether (sulfide) groups is 1. The quantitative estimate of drug-likeness (QED) is 0.819. The Morgan fingerprint density at radius 3 is 3.17 bits per heavy atom. The van der Waals surface area contributed by atoms with E-state index in [1.54, 1.807) is 0 Å². The van der Waals surface area contributed by atoms with Gasteiger partial charge >= 0.3 is 0 Å². The van der Waals surface area contributed by atoms with Crippen LogP contribution < -0.4 is 11.1 Å². The van der Waals surface area contributed by atoms with E-state index in [2.05, 4.69) is 22.3 Å². The molecule has 2 unspecified atom stereocenters. The summed E-state index contributed by atoms with van der Waals surface area (Å²) in [6, 6.07) is 0.308. The molecule has 1 saturated carbocycles. The number of carbonyl (C=O) groups excluding carboxylic acids is 1. The van der Waals surface area contributed by atoms with Crippen molar-refractivity contribution >= 4 is 23.6 Å². The molecule has 1 aliphatic carbocycles. The zero-order valence-corrected chi connectivity index (χ0v) is 11.3. The summed E-state index contributed by atoms with van der Waals surface area (Å²) < 4.78 is 1.46. The van der Waals surface area contributed by atoms with Crippen LogP contribution in [-0.4, -0.2) is 37.7 Å². The maximum absolute atomic E-state index is 11.8. The summed E-state index contributed by atoms with van der Waals surface area (Å²) >= 11 is 1.98. The molecule has 1 aromatic rings. The van der Waals surface area contributed by atoms with Gasteiger partial charge in [0.05, 0.1) is 0 Å². The lowest BCUT2D eigenvalue weighted by Crippen LogP contribution is -2.35. The molecule has 0 saturated heterocycles. The van der Waals surface area contributed by atoms with E-state index in [4.69, 9.17) is 5.73 Å². The first-order chi connectivity index (χ1) is 8.67. The van der Waals surface area contributed by atoms with Crippen molar-refractivity contribution in [3.05, 3.63) is 6.33 Å². The Bertz CT molecular complexity index is 408. The van der Waals surface area contributed by atoms with Gasteiger partial charge in [-0.05, 0) is 25.0 Å². The minimum absolute atomic E-state index is 0.0213. The summed E-state index contributed by atoms with van der Waals surface area (Å²) in [6.07, 6.45) is 4.81. The lowest BCUT2D eigenvalue weighted by Gasteiger charge is -2.12. The molecule has 18 heavy (non-hydrogen) atoms. The highest BCUT2D eigenvalue weighted by molar-refractivity contribution is 7.99. The number of amides is 1. The standard InChI is InChI=1S/C11H19N5OS/c1-2-18-9-4-3-8(5-9)14-10(17)6-16-7-13-11(12)15-16/h7-9H,2-6H2,1H3,(H2,12,15)(H,14,17). The van der Waals surface area contributed by atoms with Crippen molar-refractivity contribution < 1.29 is 4.79 Å². The normalized spacial score (nSPS) is 23.2. The second kappa shape index (κ2) is 6.08. The van der Waals surface area contributed by atoms with E-state index in [0.717, 1.165) is 18.6 Å². The van der Waals surface area contributed by atoms with Gasteiger partial charge in [-0.25, -0.2) is 9.67 Å². The van der Waals surface area contributed by atoms with Gasteiger partial charge in [-0.3, -0.25) is 4.79 Å². The average molecular weight is 269 g/mol. The van der Waals surface area contributed by atoms with E-state index in [1.165, 1.54) is 17.4 Å². The van der Waals surface area contributed by atoms with Gasteiger partial charge < -0.3 is 11.1 Å². The zero-order chi connectivity index (χ0) is 13.0. The molecule has 100 valence electrons. The van der Waals surface area contributed by atoms with Crippen molar-refractivity contribution in [1.29, 1.82) is 0 Å². The molecule has 1 aromatic heterocycles. The number of hydrogen-bond acceptors (Lipinski definition) is 5. The number of carbonyl (C=O) groups is 1. The smallest absolute Gasteiger partial charge is 0.242 e. The number of rotatable bonds is 5. The third-order valence-electron chi connectivity index (χ3n) is 3.01. The van der Waals surface area contributed by atoms with Gasteiger partial charge in [0.15, 0.2) is 0 Å². The summed E-state index contributed by atoms with van der Waals surface area (Å²) in [5.74, 6) is 1.32. The number of nitrogens with zero attached hydrogens (tertiary/aromatic N) is 3. The second-order valence-corrected chi connectivity index (χ2v) is 6.03. The third kappa shape index (κ3) is 3.63. The lowest BCUT2D eigenvalue weighted by atomic mass is 10.2. The Labute approximate surface area is 111 Å². The summed E-state index contributed by atoms with van der Waals surface area (Å²) in [5.41, 5.74) is 5.39. The van der Waals surface area contributed by atoms with Gasteiger partial charge in [-0.2, -0.15) is 11.8 Å². The molecular formula is C11H19N5OS. The minimum Gasteiger partial charge on any atom is -0.367 e. The fraction of sp³-hybridized carbons (Fsp3) is 0.727. The van der Waals surface area contributed by atoms with Gasteiger partial charge in [0.1, 0.15) is 12.9 Å². The highest BCUT2D eigenvalue weighted by Crippen LogP contribution is 2.29. The lowest BCUT2D eigenvalue weighted by molar-refractivity contribution is -0.122. The molecule has 3 N–H and O–H groups in total. The molecular weight excluding hydrogens is 250 g/mol. The Hall–Kier alpha value is -1.24. The molecule has 0 aliphatic heterocycles. The maximum Gasteiger partial charge on any atom is 0.242 e. The van der Waals surface area contributed by atoms with Crippen molar-refractivity contribution in [3.63, 3.8) is 0 Å². The number of nitrogens with two attached hydrogens (primary N) is 1. The largest absolute Gasteiger partial charge is 0.367 e. The maximum atomic E-state index is 11.8. The first-order valence-corrected chi connectivity index (χ1v) is 7.28. The monoisotopic (exact) mass is 269 g/mol. The Morgan fingerprint density at radius 1 is 1.67 bits per heavy atom. The van der Waals surface area contributed by atoms with Gasteiger partial charge in [0.2, 0.25) is 11.9 Å². The Kier molecular flexibility index (Phi) is 4.46. The molecule has 0 aromatic carbocycles. The fourth-order valence-electron chi connectivity index (χ4n) is 2.26. The van der Waals surface area contributed by atoms with Crippen LogP contribution in [0.3, 0.4) is 0 Å². The van der Waals surface area contributed by atoms with E-state index >= 15 is 0 Å². The third-order valence-corrected chi connectivity index (χ3v) is 4.24. The molecule has 2 atom stereocenters. The second-order valence-electron chi connectivity index (χ2n) is 4.46. The van der Waals surface area contributed by atoms with Crippen LogP contribution in [0.15, 0.2) is 6.33 Å². The summed E-state index contributed by atoms with van der Waals surface area (Å²) in [4.78, 5) is 15.6. The summed E-state index contributed by atoms with van der Waals surface area (Å²) in [6.45, 7) is 2.36. The van der Waals surface area contributed by atoms with Crippen molar-refractivity contribution in [2.24, 2.45) is 0 Å². The van der Waals surface area contributed by atoms with E-state index in [0.29, 0.717) is 11.3 Å². The predicted molar refractivity (Wildman–Crippen MR) is 72.1 cm³/mol. The molecule has 2 rings (SSSR count). The van der Waals surface area contributed by atoms with Crippen molar-refractivity contribution in [3.8, 4) is 0 Å². The molecule has 1 heterocycles. The number of aromatic nitrogens is 3. The van der Waals surface area contributed by atoms with Crippen LogP contribution in [0.5, 0.6) is 0 Å². The van der Waals surface area contributed by atoms with E-state index < -0.39 is 0 Å². The van der Waals surface area contributed by atoms with Crippen LogP contribution in [0.1, 0.15) is 26.2 Å². The van der Waals surface area contributed by atoms with Crippen LogP contribution in [-0.2, 0) is 11.3 Å². The van der Waals surface area contributed by atoms with Crippen LogP contribution in [0, 0.1) is 0 Å². The summed E-state index contributed by atoms with van der Waals surface area (Å²) in [7, 11) is 0. The summed E-state index contributed by atoms with van der Waals surface area (Å²) in [5, 5.41) is 7.63. The molecule has 1 aliphatic rings. The SMILES string of the molecule is CCSC1CCC(NC(=O)Cn2cnc(N)n2)C1. The van der Waals surface area contributed by atoms with Gasteiger partial charge in [-0.1, -0.05) is 6.92 Å². The van der Waals surface area contributed by atoms with Gasteiger partial charge in [-0.15, -0.1) is 5.10 Å². The van der Waals surface area contributed by atoms with Crippen LogP contribution in [0.4, 0.5) is 5.95 Å². The molecule has 6 nitrogen and oxygen atoms in total. The number of nitrogen functional groups attached to an aromatic ring is 1. The first kappa shape index (κ1) is 13.2. The number of anilines is 1. The fourth-order valence-corrected chi connectivity index (χ4v) is 3.41. The highest BCUT2D eigenvalue weighted by Gasteiger charge is 2.25. The van der Waals surface area contributed by atoms with E-state index in [1.807, 2.05) is 11.8 Å². The number of nitrogens with one attached hydrogen (secondary N) is 1. The van der Waals surface area contributed by atoms with Crippen LogP contribution in [0.25, 0.3) is 0 Å². The molecule has 1 amide bonds. The topological polar surface area (TPSA) is 85.8 Å². The Balaban J connectivity index is 1.75. The highest BCUT2D eigenvalue weighted by atomic mass is 32.2. The molecule has 0 spiro atoms. The van der Waals surface area contributed by atoms with Crippen LogP contribution >= 0.6 is 11.8 Å². The minimum atomic E-state index is -0.0213. The van der Waals surface area contributed by atoms with Crippen LogP contribution in [0.2, 0.25) is 0 Å². The molecule has 0 radical (unpaired) electrons. The predicted octanol–water partition coefficient (Wildman–Crippen LogP) is 0.651. The van der Waals surface area contributed by atoms with E-state index in [9.17, 15) is 4.79 Å². The molecule has 1 fully saturated rings. The molecule has 7 heteroatoms. The van der Waals surface area contributed by atoms with Crippen molar-refractivity contribution in [2.45, 2.75) is 44.0 Å². The van der Waals surface area contributed by atoms with Crippen molar-refractivity contribution in [2.75, 3.05) is 11.5 Å². The molecule has 0 bridgehead atoms. The van der Waals surface area contributed by atoms with Gasteiger partial charge in [0.25, 0.3) is 0 Å². The Morgan fingerprint density at radius 2 is 2.50 bits per heavy atom. The zero-order valence-electron chi connectivity index (χ0n) is 10.5. The van der Waals surface area contributed by atoms with Gasteiger partial charge in [0, 0.05) is 11.3 Å². The first-order valence-electron chi connectivity index (χ1n) is 6.23. The van der Waals surface area contributed by atoms with Crippen molar-refractivity contribution in [1.82, 2.24) is 20.1 Å². The van der Waals surface area contributed by atoms with E-state index in [-0.39, 0.29) is 18.4 Å².